The van der Waals surface area contributed by atoms with Gasteiger partial charge in [-0.25, -0.2) is 0 Å². The van der Waals surface area contributed by atoms with Gasteiger partial charge in [0.2, 0.25) is 0 Å². The molecular formula is C16H17NO2. The Bertz CT molecular complexity index is 574. The van der Waals surface area contributed by atoms with Gasteiger partial charge in [0.05, 0.1) is 0 Å². The number of hydrogen-bond donors (Lipinski definition) is 0. The third kappa shape index (κ3) is 3.35. The maximum absolute atomic E-state index is 11.9. The number of benzene rings is 2. The van der Waals surface area contributed by atoms with Crippen molar-refractivity contribution in [3.05, 3.63) is 59.7 Å². The summed E-state index contributed by atoms with van der Waals surface area (Å²) in [5, 5.41) is 0. The lowest BCUT2D eigenvalue weighted by molar-refractivity contribution is 0.0827. The molecule has 0 radical (unpaired) electrons. The van der Waals surface area contributed by atoms with Crippen LogP contribution in [0.1, 0.15) is 15.9 Å². The van der Waals surface area contributed by atoms with Gasteiger partial charge in [0.1, 0.15) is 11.5 Å². The maximum atomic E-state index is 11.9. The van der Waals surface area contributed by atoms with Gasteiger partial charge in [0, 0.05) is 19.7 Å². The van der Waals surface area contributed by atoms with Crippen LogP contribution in [0.15, 0.2) is 48.5 Å². The van der Waals surface area contributed by atoms with Crippen LogP contribution in [0.3, 0.4) is 0 Å². The lowest BCUT2D eigenvalue weighted by Crippen LogP contribution is -2.21. The van der Waals surface area contributed by atoms with E-state index in [2.05, 4.69) is 0 Å². The second kappa shape index (κ2) is 5.57. The summed E-state index contributed by atoms with van der Waals surface area (Å²) in [6.45, 7) is 2.03. The lowest BCUT2D eigenvalue weighted by Gasteiger charge is -2.11. The smallest absolute Gasteiger partial charge is 0.253 e. The Morgan fingerprint density at radius 3 is 2.32 bits per heavy atom. The first kappa shape index (κ1) is 13.1. The molecule has 3 heteroatoms. The van der Waals surface area contributed by atoms with Crippen molar-refractivity contribution in [1.82, 2.24) is 4.90 Å². The third-order valence-corrected chi connectivity index (χ3v) is 2.74. The average Bonchev–Trinajstić information content (AvgIpc) is 2.41. The molecule has 98 valence electrons. The van der Waals surface area contributed by atoms with E-state index >= 15 is 0 Å². The molecule has 2 rings (SSSR count). The van der Waals surface area contributed by atoms with Gasteiger partial charge in [-0.3, -0.25) is 4.79 Å². The number of rotatable bonds is 3. The molecule has 2 aromatic carbocycles. The van der Waals surface area contributed by atoms with E-state index < -0.39 is 0 Å². The molecule has 0 unspecified atom stereocenters. The molecular weight excluding hydrogens is 238 g/mol. The summed E-state index contributed by atoms with van der Waals surface area (Å²) in [6.07, 6.45) is 0. The van der Waals surface area contributed by atoms with Gasteiger partial charge in [0.15, 0.2) is 0 Å². The molecule has 0 aliphatic carbocycles. The summed E-state index contributed by atoms with van der Waals surface area (Å²) in [7, 11) is 3.46. The van der Waals surface area contributed by atoms with E-state index in [0.717, 1.165) is 5.75 Å². The highest BCUT2D eigenvalue weighted by Crippen LogP contribution is 2.22. The van der Waals surface area contributed by atoms with Crippen molar-refractivity contribution in [3.63, 3.8) is 0 Å². The molecule has 0 heterocycles. The Morgan fingerprint density at radius 1 is 1.00 bits per heavy atom. The fourth-order valence-corrected chi connectivity index (χ4v) is 1.69. The Morgan fingerprint density at radius 2 is 1.68 bits per heavy atom. The van der Waals surface area contributed by atoms with Crippen LogP contribution in [0.25, 0.3) is 0 Å². The highest BCUT2D eigenvalue weighted by molar-refractivity contribution is 5.94. The molecule has 0 N–H and O–H groups in total. The minimum absolute atomic E-state index is 0.0330. The monoisotopic (exact) mass is 255 g/mol. The van der Waals surface area contributed by atoms with Gasteiger partial charge in [0.25, 0.3) is 5.91 Å². The highest BCUT2D eigenvalue weighted by Gasteiger charge is 2.08. The summed E-state index contributed by atoms with van der Waals surface area (Å²) < 4.78 is 5.73. The van der Waals surface area contributed by atoms with Crippen molar-refractivity contribution in [3.8, 4) is 11.5 Å². The zero-order chi connectivity index (χ0) is 13.8. The summed E-state index contributed by atoms with van der Waals surface area (Å²) in [5.74, 6) is 1.39. The maximum Gasteiger partial charge on any atom is 0.253 e. The molecule has 0 aliphatic rings. The molecule has 3 nitrogen and oxygen atoms in total. The van der Waals surface area contributed by atoms with Crippen molar-refractivity contribution in [2.24, 2.45) is 0 Å². The van der Waals surface area contributed by atoms with E-state index in [9.17, 15) is 4.79 Å². The van der Waals surface area contributed by atoms with Crippen LogP contribution in [0.2, 0.25) is 0 Å². The van der Waals surface area contributed by atoms with Crippen LogP contribution in [0.5, 0.6) is 11.5 Å². The molecule has 0 saturated carbocycles. The van der Waals surface area contributed by atoms with E-state index in [1.807, 2.05) is 43.3 Å². The molecule has 0 aliphatic heterocycles. The number of carbonyl (C=O) groups excluding carboxylic acids is 1. The molecule has 0 aromatic heterocycles. The molecule has 0 atom stereocenters. The first-order valence-corrected chi connectivity index (χ1v) is 6.12. The minimum atomic E-state index is -0.0330. The number of carbonyl (C=O) groups is 1. The second-order valence-corrected chi connectivity index (χ2v) is 4.64. The average molecular weight is 255 g/mol. The minimum Gasteiger partial charge on any atom is -0.457 e. The van der Waals surface area contributed by atoms with E-state index in [0.29, 0.717) is 11.3 Å². The largest absolute Gasteiger partial charge is 0.457 e. The first-order valence-electron chi connectivity index (χ1n) is 6.12. The number of nitrogens with zero attached hydrogens (tertiary/aromatic N) is 1. The molecule has 19 heavy (non-hydrogen) atoms. The van der Waals surface area contributed by atoms with Crippen molar-refractivity contribution in [2.75, 3.05) is 14.1 Å². The SMILES string of the molecule is Cc1ccc(Oc2cccc(C(=O)N(C)C)c2)cc1. The summed E-state index contributed by atoms with van der Waals surface area (Å²) in [6, 6.07) is 15.0. The van der Waals surface area contributed by atoms with E-state index in [1.54, 1.807) is 31.1 Å². The number of amides is 1. The van der Waals surface area contributed by atoms with Crippen LogP contribution in [0.4, 0.5) is 0 Å². The van der Waals surface area contributed by atoms with Gasteiger partial charge in [-0.15, -0.1) is 0 Å². The van der Waals surface area contributed by atoms with Gasteiger partial charge in [-0.2, -0.15) is 0 Å². The Hall–Kier alpha value is -2.29. The van der Waals surface area contributed by atoms with Crippen LogP contribution in [-0.4, -0.2) is 24.9 Å². The fraction of sp³-hybridized carbons (Fsp3) is 0.188. The Kier molecular flexibility index (Phi) is 3.85. The van der Waals surface area contributed by atoms with Crippen molar-refractivity contribution in [1.29, 1.82) is 0 Å². The van der Waals surface area contributed by atoms with E-state index in [4.69, 9.17) is 4.74 Å². The Balaban J connectivity index is 2.19. The van der Waals surface area contributed by atoms with Gasteiger partial charge < -0.3 is 9.64 Å². The summed E-state index contributed by atoms with van der Waals surface area (Å²) >= 11 is 0. The predicted molar refractivity (Wildman–Crippen MR) is 75.7 cm³/mol. The highest BCUT2D eigenvalue weighted by atomic mass is 16.5. The normalized spacial score (nSPS) is 10.1. The van der Waals surface area contributed by atoms with Crippen LogP contribution < -0.4 is 4.74 Å². The molecule has 0 fully saturated rings. The van der Waals surface area contributed by atoms with Gasteiger partial charge >= 0.3 is 0 Å². The van der Waals surface area contributed by atoms with E-state index in [-0.39, 0.29) is 5.91 Å². The zero-order valence-electron chi connectivity index (χ0n) is 11.4. The summed E-state index contributed by atoms with van der Waals surface area (Å²) in [4.78, 5) is 13.4. The standard InChI is InChI=1S/C16H17NO2/c1-12-7-9-14(10-8-12)19-15-6-4-5-13(11-15)16(18)17(2)3/h4-11H,1-3H3. The van der Waals surface area contributed by atoms with Crippen molar-refractivity contribution >= 4 is 5.91 Å². The molecule has 2 aromatic rings. The predicted octanol–water partition coefficient (Wildman–Crippen LogP) is 3.49. The molecule has 0 saturated heterocycles. The number of aryl methyl sites for hydroxylation is 1. The van der Waals surface area contributed by atoms with Crippen LogP contribution >= 0.6 is 0 Å². The zero-order valence-corrected chi connectivity index (χ0v) is 11.4. The Labute approximate surface area is 113 Å². The van der Waals surface area contributed by atoms with Crippen LogP contribution in [0, 0.1) is 6.92 Å². The van der Waals surface area contributed by atoms with Crippen LogP contribution in [-0.2, 0) is 0 Å². The fourth-order valence-electron chi connectivity index (χ4n) is 1.69. The third-order valence-electron chi connectivity index (χ3n) is 2.74. The molecule has 1 amide bonds. The lowest BCUT2D eigenvalue weighted by atomic mass is 10.2. The van der Waals surface area contributed by atoms with Gasteiger partial charge in [-0.05, 0) is 37.3 Å². The number of ether oxygens (including phenoxy) is 1. The second-order valence-electron chi connectivity index (χ2n) is 4.64. The molecule has 0 spiro atoms. The topological polar surface area (TPSA) is 29.5 Å². The van der Waals surface area contributed by atoms with Crippen molar-refractivity contribution in [2.45, 2.75) is 6.92 Å². The van der Waals surface area contributed by atoms with Crippen molar-refractivity contribution < 1.29 is 9.53 Å². The number of hydrogen-bond acceptors (Lipinski definition) is 2. The van der Waals surface area contributed by atoms with Gasteiger partial charge in [-0.1, -0.05) is 23.8 Å². The quantitative estimate of drug-likeness (QED) is 0.840. The summed E-state index contributed by atoms with van der Waals surface area (Å²) in [5.41, 5.74) is 1.80. The molecule has 0 bridgehead atoms. The van der Waals surface area contributed by atoms with E-state index in [1.165, 1.54) is 5.56 Å². The first-order chi connectivity index (χ1) is 9.06.